The fraction of sp³-hybridized carbons (Fsp3) is 0.472. The second kappa shape index (κ2) is 25.0. The SMILES string of the molecule is CCOC(=O)c1c(N)sc2c(OCCN(CC)CC)c(Br)ccc12.CCOC(=O)c1c(NC(C)=O)sc2c(OCCN(CC)CC)c(Br)ccc12.[K+].[OH-]. The number of benzene rings is 2. The zero-order valence-electron chi connectivity index (χ0n) is 31.7. The number of amides is 1. The number of esters is 2. The van der Waals surface area contributed by atoms with Gasteiger partial charge in [0.05, 0.1) is 31.6 Å². The van der Waals surface area contributed by atoms with E-state index < -0.39 is 11.9 Å². The van der Waals surface area contributed by atoms with E-state index in [0.717, 1.165) is 68.7 Å². The molecule has 0 fully saturated rings. The van der Waals surface area contributed by atoms with Gasteiger partial charge < -0.3 is 45.3 Å². The van der Waals surface area contributed by atoms with E-state index in [9.17, 15) is 14.4 Å². The van der Waals surface area contributed by atoms with Crippen molar-refractivity contribution in [3.8, 4) is 11.5 Å². The number of nitrogen functional groups attached to an aromatic ring is 1. The maximum Gasteiger partial charge on any atom is 1.00 e. The van der Waals surface area contributed by atoms with E-state index in [1.807, 2.05) is 24.3 Å². The zero-order valence-corrected chi connectivity index (χ0v) is 39.7. The molecule has 0 radical (unpaired) electrons. The Kier molecular flexibility index (Phi) is 23.4. The quantitative estimate of drug-likeness (QED) is 0.102. The van der Waals surface area contributed by atoms with Gasteiger partial charge in [-0.2, -0.15) is 0 Å². The minimum Gasteiger partial charge on any atom is -0.870 e. The summed E-state index contributed by atoms with van der Waals surface area (Å²) in [6, 6.07) is 7.44. The van der Waals surface area contributed by atoms with E-state index in [0.29, 0.717) is 52.1 Å². The van der Waals surface area contributed by atoms with Gasteiger partial charge in [-0.25, -0.2) is 9.59 Å². The van der Waals surface area contributed by atoms with Crippen molar-refractivity contribution < 1.29 is 90.2 Å². The molecule has 4 N–H and O–H groups in total. The number of nitrogens with two attached hydrogens (primary N) is 1. The second-order valence-electron chi connectivity index (χ2n) is 11.0. The summed E-state index contributed by atoms with van der Waals surface area (Å²) in [6.45, 7) is 20.7. The average molecular weight is 929 g/mol. The molecule has 4 aromatic rings. The van der Waals surface area contributed by atoms with Crippen molar-refractivity contribution >= 4 is 103 Å². The monoisotopic (exact) mass is 926 g/mol. The summed E-state index contributed by atoms with van der Waals surface area (Å²) in [6.07, 6.45) is 0. The number of halogens is 2. The summed E-state index contributed by atoms with van der Waals surface area (Å²) >= 11 is 9.74. The molecule has 12 nitrogen and oxygen atoms in total. The van der Waals surface area contributed by atoms with Gasteiger partial charge in [-0.05, 0) is 84.0 Å². The number of carbonyl (C=O) groups excluding carboxylic acids is 3. The molecule has 17 heteroatoms. The molecule has 0 bridgehead atoms. The van der Waals surface area contributed by atoms with Gasteiger partial charge >= 0.3 is 63.3 Å². The van der Waals surface area contributed by atoms with Crippen molar-refractivity contribution in [1.82, 2.24) is 9.80 Å². The molecular weight excluding hydrogens is 879 g/mol. The molecule has 4 rings (SSSR count). The van der Waals surface area contributed by atoms with Gasteiger partial charge in [-0.1, -0.05) is 39.8 Å². The Morgan fingerprint density at radius 1 is 0.717 bits per heavy atom. The molecule has 53 heavy (non-hydrogen) atoms. The molecule has 0 atom stereocenters. The van der Waals surface area contributed by atoms with Crippen molar-refractivity contribution in [2.24, 2.45) is 0 Å². The number of ether oxygens (including phenoxy) is 4. The third kappa shape index (κ3) is 13.4. The summed E-state index contributed by atoms with van der Waals surface area (Å²) in [4.78, 5) is 40.8. The van der Waals surface area contributed by atoms with Gasteiger partial charge in [0, 0.05) is 30.8 Å². The van der Waals surface area contributed by atoms with Crippen LogP contribution in [0.4, 0.5) is 10.0 Å². The molecule has 1 amide bonds. The third-order valence-electron chi connectivity index (χ3n) is 7.90. The van der Waals surface area contributed by atoms with Gasteiger partial charge in [0.2, 0.25) is 5.91 Å². The predicted molar refractivity (Wildman–Crippen MR) is 218 cm³/mol. The average Bonchev–Trinajstić information content (AvgIpc) is 3.63. The molecule has 0 saturated heterocycles. The number of carbonyl (C=O) groups is 3. The first-order valence-electron chi connectivity index (χ1n) is 17.0. The van der Waals surface area contributed by atoms with Gasteiger partial charge in [0.25, 0.3) is 0 Å². The topological polar surface area (TPSA) is 163 Å². The number of hydrogen-bond acceptors (Lipinski definition) is 13. The molecule has 2 heterocycles. The Hall–Kier alpha value is -1.35. The van der Waals surface area contributed by atoms with Crippen LogP contribution < -0.4 is 71.9 Å². The molecule has 288 valence electrons. The van der Waals surface area contributed by atoms with E-state index in [-0.39, 0.29) is 69.4 Å². The number of likely N-dealkylation sites (N-methyl/N-ethyl adjacent to an activating group) is 2. The predicted octanol–water partition coefficient (Wildman–Crippen LogP) is 5.49. The Morgan fingerprint density at radius 3 is 1.55 bits per heavy atom. The van der Waals surface area contributed by atoms with Crippen molar-refractivity contribution in [3.05, 3.63) is 44.3 Å². The smallest absolute Gasteiger partial charge is 0.870 e. The molecule has 0 aliphatic carbocycles. The first-order chi connectivity index (χ1) is 24.4. The number of nitrogens with one attached hydrogen (secondary N) is 1. The van der Waals surface area contributed by atoms with Crippen molar-refractivity contribution in [3.63, 3.8) is 0 Å². The van der Waals surface area contributed by atoms with Gasteiger partial charge in [0.15, 0.2) is 11.5 Å². The van der Waals surface area contributed by atoms with Gasteiger partial charge in [-0.3, -0.25) is 4.79 Å². The summed E-state index contributed by atoms with van der Waals surface area (Å²) < 4.78 is 25.7. The number of fused-ring (bicyclic) bond motifs is 2. The van der Waals surface area contributed by atoms with Crippen LogP contribution in [0.2, 0.25) is 0 Å². The van der Waals surface area contributed by atoms with Crippen LogP contribution in [-0.4, -0.2) is 98.8 Å². The first kappa shape index (κ1) is 49.7. The largest absolute Gasteiger partial charge is 1.00 e. The summed E-state index contributed by atoms with van der Waals surface area (Å²) in [5, 5.41) is 5.16. The molecule has 2 aromatic carbocycles. The van der Waals surface area contributed by atoms with Crippen LogP contribution in [0.25, 0.3) is 20.2 Å². The molecule has 0 spiro atoms. The van der Waals surface area contributed by atoms with E-state index in [2.05, 4.69) is 74.7 Å². The standard InChI is InChI=1S/C19H25BrN2O4S.C17H23BrN2O3S.K.H2O/c1-5-22(6-2)10-11-26-16-14(20)9-8-13-15(19(24)25-7-3)18(21-12(4)23)27-17(13)16;1-4-20(5-2)9-10-23-14-12(18)8-7-11-13(17(21)22-6-3)16(19)24-15(11)14;;/h8-9H,5-7,10-11H2,1-4H3,(H,21,23);7-8H,4-6,9-10,19H2,1-3H3;;1H2/q;;+1;/p-1. The maximum absolute atomic E-state index is 12.5. The summed E-state index contributed by atoms with van der Waals surface area (Å²) in [5.74, 6) is 0.315. The normalized spacial score (nSPS) is 10.7. The van der Waals surface area contributed by atoms with E-state index in [1.165, 1.54) is 29.6 Å². The van der Waals surface area contributed by atoms with Crippen LogP contribution in [0.15, 0.2) is 33.2 Å². The van der Waals surface area contributed by atoms with Crippen molar-refractivity contribution in [2.75, 3.05) is 76.7 Å². The van der Waals surface area contributed by atoms with E-state index >= 15 is 0 Å². The van der Waals surface area contributed by atoms with Crippen LogP contribution in [-0.2, 0) is 14.3 Å². The fourth-order valence-corrected chi connectivity index (χ4v) is 8.66. The maximum atomic E-state index is 12.5. The minimum atomic E-state index is -0.455. The van der Waals surface area contributed by atoms with Gasteiger partial charge in [0.1, 0.15) is 34.3 Å². The molecular formula is C36H49Br2KN4O8S2. The van der Waals surface area contributed by atoms with Crippen molar-refractivity contribution in [2.45, 2.75) is 48.5 Å². The van der Waals surface area contributed by atoms with Crippen LogP contribution in [0, 0.1) is 0 Å². The third-order valence-corrected chi connectivity index (χ3v) is 11.3. The van der Waals surface area contributed by atoms with Crippen LogP contribution >= 0.6 is 54.5 Å². The molecule has 0 saturated carbocycles. The molecule has 0 aliphatic rings. The van der Waals surface area contributed by atoms with Crippen LogP contribution in [0.5, 0.6) is 11.5 Å². The van der Waals surface area contributed by atoms with Crippen molar-refractivity contribution in [1.29, 1.82) is 0 Å². The first-order valence-corrected chi connectivity index (χ1v) is 20.2. The van der Waals surface area contributed by atoms with Crippen LogP contribution in [0.3, 0.4) is 0 Å². The molecule has 2 aromatic heterocycles. The number of thiophene rings is 2. The molecule has 0 aliphatic heterocycles. The molecule has 0 unspecified atom stereocenters. The Morgan fingerprint density at radius 2 is 1.13 bits per heavy atom. The zero-order chi connectivity index (χ0) is 37.7. The number of hydrogen-bond donors (Lipinski definition) is 2. The van der Waals surface area contributed by atoms with E-state index in [1.54, 1.807) is 13.8 Å². The summed E-state index contributed by atoms with van der Waals surface area (Å²) in [7, 11) is 0. The summed E-state index contributed by atoms with van der Waals surface area (Å²) in [5.41, 5.74) is 6.86. The minimum absolute atomic E-state index is 0. The van der Waals surface area contributed by atoms with Gasteiger partial charge in [-0.15, -0.1) is 22.7 Å². The Labute approximate surface area is 379 Å². The number of rotatable bonds is 17. The Bertz CT molecular complexity index is 1800. The van der Waals surface area contributed by atoms with Crippen LogP contribution in [0.1, 0.15) is 69.2 Å². The second-order valence-corrected chi connectivity index (χ2v) is 14.8. The number of nitrogens with zero attached hydrogens (tertiary/aromatic N) is 2. The number of anilines is 2. The van der Waals surface area contributed by atoms with E-state index in [4.69, 9.17) is 24.7 Å². The fourth-order valence-electron chi connectivity index (χ4n) is 5.21. The Balaban J connectivity index is 0.000000514.